The standard InChI is InChI=1S/C11H14ClN3OS/c12-8-3-4-9(15-5-8)17-6-11(14,10(13)16)7-1-2-7/h3-5,7H,1-2,6,14H2,(H2,13,16). The molecule has 4 N–H and O–H groups in total. The lowest BCUT2D eigenvalue weighted by Gasteiger charge is -2.24. The molecule has 1 heterocycles. The molecule has 0 aromatic carbocycles. The van der Waals surface area contributed by atoms with Crippen molar-refractivity contribution in [2.45, 2.75) is 23.4 Å². The number of carbonyl (C=O) groups is 1. The molecule has 1 aromatic rings. The Kier molecular flexibility index (Phi) is 3.61. The number of halogens is 1. The van der Waals surface area contributed by atoms with Gasteiger partial charge in [-0.25, -0.2) is 4.98 Å². The molecule has 0 bridgehead atoms. The molecule has 0 radical (unpaired) electrons. The average molecular weight is 272 g/mol. The normalized spacial score (nSPS) is 18.7. The summed E-state index contributed by atoms with van der Waals surface area (Å²) in [7, 11) is 0. The molecule has 1 unspecified atom stereocenters. The number of nitrogens with zero attached hydrogens (tertiary/aromatic N) is 1. The third-order valence-corrected chi connectivity index (χ3v) is 4.31. The summed E-state index contributed by atoms with van der Waals surface area (Å²) in [4.78, 5) is 15.6. The van der Waals surface area contributed by atoms with E-state index in [0.29, 0.717) is 10.8 Å². The van der Waals surface area contributed by atoms with Crippen molar-refractivity contribution in [3.8, 4) is 0 Å². The minimum Gasteiger partial charge on any atom is -0.368 e. The van der Waals surface area contributed by atoms with Crippen LogP contribution in [0.4, 0.5) is 0 Å². The summed E-state index contributed by atoms with van der Waals surface area (Å²) in [5, 5.41) is 1.39. The minimum atomic E-state index is -0.911. The first-order chi connectivity index (χ1) is 8.02. The first-order valence-electron chi connectivity index (χ1n) is 5.35. The molecule has 92 valence electrons. The SMILES string of the molecule is NC(=O)C(N)(CSc1ccc(Cl)cn1)C1CC1. The van der Waals surface area contributed by atoms with Gasteiger partial charge in [0, 0.05) is 11.9 Å². The van der Waals surface area contributed by atoms with Gasteiger partial charge in [0.05, 0.1) is 10.0 Å². The van der Waals surface area contributed by atoms with Gasteiger partial charge < -0.3 is 11.5 Å². The summed E-state index contributed by atoms with van der Waals surface area (Å²) in [6.07, 6.45) is 3.53. The van der Waals surface area contributed by atoms with Crippen molar-refractivity contribution in [2.24, 2.45) is 17.4 Å². The average Bonchev–Trinajstić information content (AvgIpc) is 3.11. The number of primary amides is 1. The Morgan fingerprint density at radius 1 is 1.59 bits per heavy atom. The van der Waals surface area contributed by atoms with Crippen LogP contribution in [0.3, 0.4) is 0 Å². The monoisotopic (exact) mass is 271 g/mol. The minimum absolute atomic E-state index is 0.222. The largest absolute Gasteiger partial charge is 0.368 e. The van der Waals surface area contributed by atoms with Crippen molar-refractivity contribution >= 4 is 29.3 Å². The van der Waals surface area contributed by atoms with Crippen LogP contribution < -0.4 is 11.5 Å². The van der Waals surface area contributed by atoms with Crippen LogP contribution in [0.25, 0.3) is 0 Å². The van der Waals surface area contributed by atoms with Gasteiger partial charge in [-0.2, -0.15) is 0 Å². The quantitative estimate of drug-likeness (QED) is 0.794. The molecule has 1 fully saturated rings. The van der Waals surface area contributed by atoms with Gasteiger partial charge in [0.15, 0.2) is 0 Å². The third-order valence-electron chi connectivity index (χ3n) is 2.92. The topological polar surface area (TPSA) is 82.0 Å². The zero-order valence-electron chi connectivity index (χ0n) is 9.23. The van der Waals surface area contributed by atoms with E-state index in [9.17, 15) is 4.79 Å². The number of carbonyl (C=O) groups excluding carboxylic acids is 1. The lowest BCUT2D eigenvalue weighted by molar-refractivity contribution is -0.123. The van der Waals surface area contributed by atoms with E-state index >= 15 is 0 Å². The second kappa shape index (κ2) is 4.84. The van der Waals surface area contributed by atoms with E-state index in [1.165, 1.54) is 11.8 Å². The first kappa shape index (κ1) is 12.7. The maximum Gasteiger partial charge on any atom is 0.238 e. The molecule has 0 aliphatic heterocycles. The molecule has 2 rings (SSSR count). The summed E-state index contributed by atoms with van der Waals surface area (Å²) in [5.41, 5.74) is 10.5. The Bertz CT molecular complexity index is 421. The van der Waals surface area contributed by atoms with Gasteiger partial charge in [-0.15, -0.1) is 11.8 Å². The highest BCUT2D eigenvalue weighted by molar-refractivity contribution is 7.99. The Morgan fingerprint density at radius 2 is 2.29 bits per heavy atom. The van der Waals surface area contributed by atoms with E-state index in [0.717, 1.165) is 17.9 Å². The maximum atomic E-state index is 11.4. The molecular formula is C11H14ClN3OS. The van der Waals surface area contributed by atoms with Gasteiger partial charge in [-0.05, 0) is 30.9 Å². The van der Waals surface area contributed by atoms with E-state index in [2.05, 4.69) is 4.98 Å². The Labute approximate surface area is 109 Å². The number of aromatic nitrogens is 1. The van der Waals surface area contributed by atoms with E-state index in [1.807, 2.05) is 0 Å². The zero-order chi connectivity index (χ0) is 12.5. The lowest BCUT2D eigenvalue weighted by Crippen LogP contribution is -2.56. The number of hydrogen-bond donors (Lipinski definition) is 2. The Morgan fingerprint density at radius 3 is 2.76 bits per heavy atom. The molecule has 0 spiro atoms. The van der Waals surface area contributed by atoms with Crippen LogP contribution in [0.15, 0.2) is 23.4 Å². The van der Waals surface area contributed by atoms with Gasteiger partial charge in [-0.1, -0.05) is 11.6 Å². The van der Waals surface area contributed by atoms with Crippen molar-refractivity contribution in [3.05, 3.63) is 23.4 Å². The fourth-order valence-corrected chi connectivity index (χ4v) is 2.80. The summed E-state index contributed by atoms with van der Waals surface area (Å²) in [6.45, 7) is 0. The van der Waals surface area contributed by atoms with Crippen LogP contribution in [0.2, 0.25) is 5.02 Å². The van der Waals surface area contributed by atoms with Crippen molar-refractivity contribution in [1.82, 2.24) is 4.98 Å². The number of thioether (sulfide) groups is 1. The summed E-state index contributed by atoms with van der Waals surface area (Å²) in [5.74, 6) is 0.253. The summed E-state index contributed by atoms with van der Waals surface area (Å²) < 4.78 is 0. The molecule has 1 aromatic heterocycles. The van der Waals surface area contributed by atoms with E-state index in [4.69, 9.17) is 23.1 Å². The molecule has 17 heavy (non-hydrogen) atoms. The summed E-state index contributed by atoms with van der Waals surface area (Å²) >= 11 is 7.18. The number of pyridine rings is 1. The highest BCUT2D eigenvalue weighted by Crippen LogP contribution is 2.40. The van der Waals surface area contributed by atoms with Gasteiger partial charge in [0.1, 0.15) is 5.54 Å². The maximum absolute atomic E-state index is 11.4. The molecule has 1 saturated carbocycles. The van der Waals surface area contributed by atoms with Crippen molar-refractivity contribution in [3.63, 3.8) is 0 Å². The van der Waals surface area contributed by atoms with Crippen LogP contribution in [0.5, 0.6) is 0 Å². The number of rotatable bonds is 5. The second-order valence-corrected chi connectivity index (χ2v) is 5.71. The van der Waals surface area contributed by atoms with Gasteiger partial charge in [-0.3, -0.25) is 4.79 Å². The van der Waals surface area contributed by atoms with Crippen molar-refractivity contribution in [1.29, 1.82) is 0 Å². The lowest BCUT2D eigenvalue weighted by atomic mass is 9.96. The Hall–Kier alpha value is -0.780. The molecular weight excluding hydrogens is 258 g/mol. The molecule has 1 aliphatic rings. The number of amides is 1. The van der Waals surface area contributed by atoms with Gasteiger partial charge >= 0.3 is 0 Å². The zero-order valence-corrected chi connectivity index (χ0v) is 10.8. The first-order valence-corrected chi connectivity index (χ1v) is 6.72. The van der Waals surface area contributed by atoms with Crippen LogP contribution >= 0.6 is 23.4 Å². The highest BCUT2D eigenvalue weighted by Gasteiger charge is 2.46. The molecule has 1 aliphatic carbocycles. The molecule has 1 atom stereocenters. The third kappa shape index (κ3) is 2.91. The fourth-order valence-electron chi connectivity index (χ4n) is 1.63. The van der Waals surface area contributed by atoms with Crippen molar-refractivity contribution in [2.75, 3.05) is 5.75 Å². The van der Waals surface area contributed by atoms with E-state index in [1.54, 1.807) is 18.3 Å². The summed E-state index contributed by atoms with van der Waals surface area (Å²) in [6, 6.07) is 3.57. The molecule has 1 amide bonds. The Balaban J connectivity index is 2.00. The predicted molar refractivity (Wildman–Crippen MR) is 68.8 cm³/mol. The van der Waals surface area contributed by atoms with Crippen LogP contribution in [0.1, 0.15) is 12.8 Å². The molecule has 4 nitrogen and oxygen atoms in total. The number of nitrogens with two attached hydrogens (primary N) is 2. The smallest absolute Gasteiger partial charge is 0.238 e. The van der Waals surface area contributed by atoms with Crippen LogP contribution in [-0.4, -0.2) is 22.2 Å². The second-order valence-electron chi connectivity index (χ2n) is 4.28. The van der Waals surface area contributed by atoms with E-state index < -0.39 is 11.4 Å². The fraction of sp³-hybridized carbons (Fsp3) is 0.455. The highest BCUT2D eigenvalue weighted by atomic mass is 35.5. The van der Waals surface area contributed by atoms with Gasteiger partial charge in [0.2, 0.25) is 5.91 Å². The van der Waals surface area contributed by atoms with Crippen molar-refractivity contribution < 1.29 is 4.79 Å². The predicted octanol–water partition coefficient (Wildman–Crippen LogP) is 1.42. The van der Waals surface area contributed by atoms with Crippen LogP contribution in [0, 0.1) is 5.92 Å². The van der Waals surface area contributed by atoms with Crippen LogP contribution in [-0.2, 0) is 4.79 Å². The number of hydrogen-bond acceptors (Lipinski definition) is 4. The van der Waals surface area contributed by atoms with E-state index in [-0.39, 0.29) is 5.92 Å². The molecule has 0 saturated heterocycles. The molecule has 6 heteroatoms. The van der Waals surface area contributed by atoms with Gasteiger partial charge in [0.25, 0.3) is 0 Å².